The summed E-state index contributed by atoms with van der Waals surface area (Å²) in [5.74, 6) is -1.04. The smallest absolute Gasteiger partial charge is 0.411 e. The molecule has 1 aromatic heterocycles. The molecule has 2 amide bonds. The van der Waals surface area contributed by atoms with Gasteiger partial charge in [-0.3, -0.25) is 10.1 Å². The van der Waals surface area contributed by atoms with Gasteiger partial charge in [0.25, 0.3) is 5.91 Å². The monoisotopic (exact) mass is 391 g/mol. The Kier molecular flexibility index (Phi) is 7.13. The highest BCUT2D eigenvalue weighted by atomic mass is 35.5. The van der Waals surface area contributed by atoms with E-state index in [0.29, 0.717) is 5.69 Å². The first kappa shape index (κ1) is 20.2. The fourth-order valence-corrected chi connectivity index (χ4v) is 2.32. The van der Waals surface area contributed by atoms with Gasteiger partial charge in [-0.1, -0.05) is 23.7 Å². The number of methoxy groups -OCH3 is 1. The Labute approximate surface area is 160 Å². The minimum absolute atomic E-state index is 0.00805. The van der Waals surface area contributed by atoms with Gasteiger partial charge in [-0.05, 0) is 30.7 Å². The van der Waals surface area contributed by atoms with Crippen molar-refractivity contribution >= 4 is 35.3 Å². The van der Waals surface area contributed by atoms with Crippen LogP contribution in [0.3, 0.4) is 0 Å². The van der Waals surface area contributed by atoms with Gasteiger partial charge in [-0.25, -0.2) is 14.6 Å². The van der Waals surface area contributed by atoms with Crippen molar-refractivity contribution in [2.24, 2.45) is 0 Å². The van der Waals surface area contributed by atoms with E-state index >= 15 is 0 Å². The fraction of sp³-hybridized carbons (Fsp3) is 0.222. The Morgan fingerprint density at radius 2 is 1.89 bits per heavy atom. The van der Waals surface area contributed by atoms with E-state index in [1.807, 2.05) is 0 Å². The van der Waals surface area contributed by atoms with Gasteiger partial charge in [0.2, 0.25) is 0 Å². The van der Waals surface area contributed by atoms with Gasteiger partial charge in [0.1, 0.15) is 5.69 Å². The number of hydrogen-bond acceptors (Lipinski definition) is 6. The molecule has 0 saturated heterocycles. The second-order valence-electron chi connectivity index (χ2n) is 5.27. The second-order valence-corrected chi connectivity index (χ2v) is 5.68. The molecule has 0 bridgehead atoms. The number of anilines is 1. The summed E-state index contributed by atoms with van der Waals surface area (Å²) in [6, 6.07) is 8.18. The zero-order valence-corrected chi connectivity index (χ0v) is 15.5. The van der Waals surface area contributed by atoms with Gasteiger partial charge in [0.15, 0.2) is 0 Å². The number of rotatable bonds is 6. The number of halogens is 1. The molecule has 0 atom stereocenters. The molecular formula is C18H18ClN3O5. The van der Waals surface area contributed by atoms with Crippen LogP contribution < -0.4 is 10.6 Å². The predicted octanol–water partition coefficient (Wildman–Crippen LogP) is 3.02. The maximum Gasteiger partial charge on any atom is 0.411 e. The molecule has 0 aliphatic rings. The molecule has 9 heteroatoms. The van der Waals surface area contributed by atoms with E-state index in [0.717, 1.165) is 5.56 Å². The maximum absolute atomic E-state index is 12.2. The van der Waals surface area contributed by atoms with Crippen LogP contribution in [0, 0.1) is 0 Å². The van der Waals surface area contributed by atoms with Gasteiger partial charge in [-0.15, -0.1) is 0 Å². The number of nitrogens with zero attached hydrogens (tertiary/aromatic N) is 1. The summed E-state index contributed by atoms with van der Waals surface area (Å²) < 4.78 is 9.36. The highest BCUT2D eigenvalue weighted by Crippen LogP contribution is 2.16. The number of carbonyl (C=O) groups excluding carboxylic acids is 3. The predicted molar refractivity (Wildman–Crippen MR) is 98.8 cm³/mol. The van der Waals surface area contributed by atoms with Crippen LogP contribution in [0.1, 0.15) is 33.3 Å². The Balaban J connectivity index is 1.97. The molecule has 2 N–H and O–H groups in total. The topological polar surface area (TPSA) is 107 Å². The molecule has 0 unspecified atom stereocenters. The van der Waals surface area contributed by atoms with Crippen LogP contribution in [0.4, 0.5) is 10.5 Å². The molecule has 2 rings (SSSR count). The summed E-state index contributed by atoms with van der Waals surface area (Å²) >= 11 is 6.05. The third kappa shape index (κ3) is 5.68. The van der Waals surface area contributed by atoms with E-state index in [9.17, 15) is 14.4 Å². The molecule has 0 spiro atoms. The number of hydrogen-bond donors (Lipinski definition) is 2. The van der Waals surface area contributed by atoms with Gasteiger partial charge in [0, 0.05) is 18.4 Å². The maximum atomic E-state index is 12.2. The Morgan fingerprint density at radius 1 is 1.19 bits per heavy atom. The van der Waals surface area contributed by atoms with E-state index in [1.165, 1.54) is 19.4 Å². The number of nitrogens with one attached hydrogen (secondary N) is 2. The largest absolute Gasteiger partial charge is 0.462 e. The molecule has 0 aliphatic carbocycles. The van der Waals surface area contributed by atoms with Crippen LogP contribution in [0.2, 0.25) is 5.02 Å². The van der Waals surface area contributed by atoms with Crippen molar-refractivity contribution in [1.82, 2.24) is 10.3 Å². The third-order valence-corrected chi connectivity index (χ3v) is 3.69. The zero-order valence-electron chi connectivity index (χ0n) is 14.7. The van der Waals surface area contributed by atoms with E-state index in [4.69, 9.17) is 16.3 Å². The lowest BCUT2D eigenvalue weighted by molar-refractivity contribution is 0.0525. The minimum Gasteiger partial charge on any atom is -0.462 e. The first-order valence-electron chi connectivity index (χ1n) is 7.99. The molecular weight excluding hydrogens is 374 g/mol. The zero-order chi connectivity index (χ0) is 19.8. The summed E-state index contributed by atoms with van der Waals surface area (Å²) in [5, 5.41) is 5.27. The lowest BCUT2D eigenvalue weighted by atomic mass is 10.2. The minimum atomic E-state index is -0.567. The molecule has 142 valence electrons. The van der Waals surface area contributed by atoms with Gasteiger partial charge in [0.05, 0.1) is 24.3 Å². The Hall–Kier alpha value is -3.13. The first-order valence-corrected chi connectivity index (χ1v) is 8.37. The molecule has 2 aromatic rings. The highest BCUT2D eigenvalue weighted by Gasteiger charge is 2.16. The summed E-state index contributed by atoms with van der Waals surface area (Å²) in [7, 11) is 1.28. The number of benzene rings is 1. The van der Waals surface area contributed by atoms with Crippen molar-refractivity contribution in [1.29, 1.82) is 0 Å². The molecule has 1 heterocycles. The lowest BCUT2D eigenvalue weighted by Crippen LogP contribution is -2.24. The number of amides is 2. The van der Waals surface area contributed by atoms with Crippen molar-refractivity contribution < 1.29 is 23.9 Å². The van der Waals surface area contributed by atoms with Crippen molar-refractivity contribution in [3.63, 3.8) is 0 Å². The van der Waals surface area contributed by atoms with Crippen molar-refractivity contribution in [2.45, 2.75) is 13.5 Å². The van der Waals surface area contributed by atoms with Crippen molar-refractivity contribution in [3.8, 4) is 0 Å². The normalized spacial score (nSPS) is 10.0. The van der Waals surface area contributed by atoms with Crippen LogP contribution in [0.25, 0.3) is 0 Å². The lowest BCUT2D eigenvalue weighted by Gasteiger charge is -2.08. The van der Waals surface area contributed by atoms with E-state index < -0.39 is 18.0 Å². The Bertz CT molecular complexity index is 839. The van der Waals surface area contributed by atoms with Gasteiger partial charge < -0.3 is 14.8 Å². The molecule has 0 saturated carbocycles. The molecule has 27 heavy (non-hydrogen) atoms. The number of ether oxygens (including phenoxy) is 2. The summed E-state index contributed by atoms with van der Waals surface area (Å²) in [6.45, 7) is 2.15. The van der Waals surface area contributed by atoms with Crippen molar-refractivity contribution in [3.05, 3.63) is 58.4 Å². The molecule has 0 fully saturated rings. The van der Waals surface area contributed by atoms with Crippen LogP contribution in [-0.4, -0.2) is 36.7 Å². The molecule has 8 nitrogen and oxygen atoms in total. The van der Waals surface area contributed by atoms with Crippen LogP contribution >= 0.6 is 11.6 Å². The van der Waals surface area contributed by atoms with Crippen LogP contribution in [-0.2, 0) is 16.0 Å². The Morgan fingerprint density at radius 3 is 2.48 bits per heavy atom. The second kappa shape index (κ2) is 9.54. The van der Waals surface area contributed by atoms with Crippen LogP contribution in [0.15, 0.2) is 36.5 Å². The van der Waals surface area contributed by atoms with Gasteiger partial charge >= 0.3 is 12.1 Å². The van der Waals surface area contributed by atoms with Gasteiger partial charge in [-0.2, -0.15) is 0 Å². The molecule has 0 aliphatic heterocycles. The van der Waals surface area contributed by atoms with Crippen LogP contribution in [0.5, 0.6) is 0 Å². The number of esters is 1. The quantitative estimate of drug-likeness (QED) is 0.733. The highest BCUT2D eigenvalue weighted by molar-refractivity contribution is 6.33. The molecule has 1 aromatic carbocycles. The average molecular weight is 392 g/mol. The SMILES string of the molecule is CCOC(=O)c1cnc(C(=O)NCc2ccc(NC(=O)OC)cc2)c(Cl)c1. The number of carbonyl (C=O) groups is 3. The van der Waals surface area contributed by atoms with Crippen molar-refractivity contribution in [2.75, 3.05) is 19.0 Å². The average Bonchev–Trinajstić information content (AvgIpc) is 2.67. The summed E-state index contributed by atoms with van der Waals surface area (Å²) in [5.41, 5.74) is 1.55. The summed E-state index contributed by atoms with van der Waals surface area (Å²) in [6.07, 6.45) is 0.675. The van der Waals surface area contributed by atoms with E-state index in [1.54, 1.807) is 31.2 Å². The fourth-order valence-electron chi connectivity index (χ4n) is 2.07. The van der Waals surface area contributed by atoms with E-state index in [2.05, 4.69) is 20.4 Å². The number of aromatic nitrogens is 1. The first-order chi connectivity index (χ1) is 12.9. The third-order valence-electron chi connectivity index (χ3n) is 3.41. The standard InChI is InChI=1S/C18H18ClN3O5/c1-3-27-17(24)12-8-14(19)15(20-10-12)16(23)21-9-11-4-6-13(7-5-11)22-18(25)26-2/h4-8,10H,3,9H2,1-2H3,(H,21,23)(H,22,25). The summed E-state index contributed by atoms with van der Waals surface area (Å²) in [4.78, 5) is 39.0. The van der Waals surface area contributed by atoms with E-state index in [-0.39, 0.29) is 29.4 Å². The molecule has 0 radical (unpaired) electrons. The number of pyridine rings is 1.